The van der Waals surface area contributed by atoms with E-state index in [0.717, 1.165) is 0 Å². The average Bonchev–Trinajstić information content (AvgIpc) is 2.01. The Labute approximate surface area is 74.9 Å². The van der Waals surface area contributed by atoms with Crippen molar-refractivity contribution in [2.75, 3.05) is 5.43 Å². The van der Waals surface area contributed by atoms with Crippen LogP contribution in [0, 0.1) is 5.82 Å². The van der Waals surface area contributed by atoms with Gasteiger partial charge in [-0.1, -0.05) is 12.1 Å². The molecule has 0 heterocycles. The van der Waals surface area contributed by atoms with Crippen molar-refractivity contribution in [2.24, 2.45) is 5.14 Å². The quantitative estimate of drug-likeness (QED) is 0.605. The number of para-hydroxylation sites is 1. The minimum absolute atomic E-state index is 0.0107. The highest BCUT2D eigenvalue weighted by atomic mass is 32.2. The van der Waals surface area contributed by atoms with Crippen LogP contribution in [0.1, 0.15) is 0 Å². The highest BCUT2D eigenvalue weighted by Crippen LogP contribution is 2.10. The molecule has 0 saturated heterocycles. The largest absolute Gasteiger partial charge is 0.304 e. The highest BCUT2D eigenvalue weighted by molar-refractivity contribution is 7.87. The van der Waals surface area contributed by atoms with Crippen LogP contribution in [0.5, 0.6) is 0 Å². The molecule has 0 amide bonds. The van der Waals surface area contributed by atoms with Crippen molar-refractivity contribution in [3.63, 3.8) is 0 Å². The van der Waals surface area contributed by atoms with Crippen molar-refractivity contribution in [1.82, 2.24) is 4.83 Å². The lowest BCUT2D eigenvalue weighted by Crippen LogP contribution is -2.35. The molecule has 0 aliphatic carbocycles. The van der Waals surface area contributed by atoms with Gasteiger partial charge >= 0.3 is 0 Å². The summed E-state index contributed by atoms with van der Waals surface area (Å²) in [6.07, 6.45) is 0. The first-order valence-corrected chi connectivity index (χ1v) is 4.84. The maximum atomic E-state index is 12.8. The molecule has 0 bridgehead atoms. The van der Waals surface area contributed by atoms with Gasteiger partial charge < -0.3 is 5.43 Å². The molecule has 72 valence electrons. The van der Waals surface area contributed by atoms with E-state index in [1.165, 1.54) is 18.2 Å². The van der Waals surface area contributed by atoms with Gasteiger partial charge in [-0.2, -0.15) is 8.42 Å². The van der Waals surface area contributed by atoms with Gasteiger partial charge in [0, 0.05) is 0 Å². The van der Waals surface area contributed by atoms with Gasteiger partial charge in [0.2, 0.25) is 0 Å². The lowest BCUT2D eigenvalue weighted by atomic mass is 10.3. The van der Waals surface area contributed by atoms with Crippen LogP contribution in [0.4, 0.5) is 10.1 Å². The second-order valence-corrected chi connectivity index (χ2v) is 3.55. The van der Waals surface area contributed by atoms with Crippen LogP contribution in [0.3, 0.4) is 0 Å². The van der Waals surface area contributed by atoms with Crippen LogP contribution < -0.4 is 15.4 Å². The maximum absolute atomic E-state index is 12.8. The van der Waals surface area contributed by atoms with E-state index in [2.05, 4.69) is 10.6 Å². The molecule has 0 radical (unpaired) electrons. The SMILES string of the molecule is NS(=O)(=O)NNc1ccccc1F. The summed E-state index contributed by atoms with van der Waals surface area (Å²) in [6.45, 7) is 0. The Balaban J connectivity index is 2.71. The van der Waals surface area contributed by atoms with Gasteiger partial charge in [0.05, 0.1) is 5.69 Å². The predicted molar refractivity (Wildman–Crippen MR) is 46.3 cm³/mol. The minimum atomic E-state index is -3.87. The molecule has 5 nitrogen and oxygen atoms in total. The van der Waals surface area contributed by atoms with Gasteiger partial charge in [-0.25, -0.2) is 9.53 Å². The lowest BCUT2D eigenvalue weighted by Gasteiger charge is -2.05. The molecule has 0 spiro atoms. The summed E-state index contributed by atoms with van der Waals surface area (Å²) in [5.41, 5.74) is 2.13. The first kappa shape index (κ1) is 9.90. The number of nitrogens with two attached hydrogens (primary N) is 1. The van der Waals surface area contributed by atoms with E-state index in [1.54, 1.807) is 10.9 Å². The molecule has 4 N–H and O–H groups in total. The molecule has 0 aliphatic heterocycles. The van der Waals surface area contributed by atoms with Crippen molar-refractivity contribution < 1.29 is 12.8 Å². The minimum Gasteiger partial charge on any atom is -0.304 e. The second kappa shape index (κ2) is 3.69. The Hall–Kier alpha value is -1.18. The third kappa shape index (κ3) is 3.36. The van der Waals surface area contributed by atoms with Crippen molar-refractivity contribution in [2.45, 2.75) is 0 Å². The number of nitrogens with one attached hydrogen (secondary N) is 2. The van der Waals surface area contributed by atoms with E-state index in [4.69, 9.17) is 0 Å². The summed E-state index contributed by atoms with van der Waals surface area (Å²) in [6, 6.07) is 5.59. The van der Waals surface area contributed by atoms with Crippen LogP contribution >= 0.6 is 0 Å². The molecule has 13 heavy (non-hydrogen) atoms. The third-order valence-electron chi connectivity index (χ3n) is 1.20. The molecule has 0 aliphatic rings. The first-order chi connectivity index (χ1) is 5.99. The standard InChI is InChI=1S/C6H8FN3O2S/c7-5-3-1-2-4-6(5)9-10-13(8,11)12/h1-4,9-10H,(H2,8,11,12). The fourth-order valence-corrected chi connectivity index (χ4v) is 0.941. The zero-order valence-corrected chi connectivity index (χ0v) is 7.31. The Bertz CT molecular complexity index is 393. The van der Waals surface area contributed by atoms with Crippen molar-refractivity contribution in [3.8, 4) is 0 Å². The van der Waals surface area contributed by atoms with Crippen LogP contribution in [-0.2, 0) is 10.2 Å². The second-order valence-electron chi connectivity index (χ2n) is 2.25. The zero-order valence-electron chi connectivity index (χ0n) is 6.49. The van der Waals surface area contributed by atoms with E-state index in [1.807, 2.05) is 0 Å². The number of hydrogen-bond acceptors (Lipinski definition) is 3. The summed E-state index contributed by atoms with van der Waals surface area (Å²) >= 11 is 0. The average molecular weight is 205 g/mol. The zero-order chi connectivity index (χ0) is 9.90. The molecular formula is C6H8FN3O2S. The number of benzene rings is 1. The monoisotopic (exact) mass is 205 g/mol. The van der Waals surface area contributed by atoms with E-state index in [9.17, 15) is 12.8 Å². The normalized spacial score (nSPS) is 11.2. The Morgan fingerprint density at radius 2 is 1.92 bits per heavy atom. The summed E-state index contributed by atoms with van der Waals surface area (Å²) in [7, 11) is -3.87. The van der Waals surface area contributed by atoms with E-state index in [0.29, 0.717) is 0 Å². The van der Waals surface area contributed by atoms with Gasteiger partial charge in [0.25, 0.3) is 10.2 Å². The van der Waals surface area contributed by atoms with Gasteiger partial charge in [0.15, 0.2) is 0 Å². The molecule has 1 aromatic carbocycles. The molecule has 0 atom stereocenters. The molecule has 0 fully saturated rings. The van der Waals surface area contributed by atoms with Gasteiger partial charge in [-0.15, -0.1) is 4.83 Å². The summed E-state index contributed by atoms with van der Waals surface area (Å²) in [4.78, 5) is 1.74. The van der Waals surface area contributed by atoms with Crippen molar-refractivity contribution >= 4 is 15.9 Å². The third-order valence-corrected chi connectivity index (χ3v) is 1.59. The van der Waals surface area contributed by atoms with Crippen LogP contribution in [0.25, 0.3) is 0 Å². The number of hydrazine groups is 1. The van der Waals surface area contributed by atoms with Gasteiger partial charge in [0.1, 0.15) is 5.82 Å². The van der Waals surface area contributed by atoms with Crippen molar-refractivity contribution in [3.05, 3.63) is 30.1 Å². The van der Waals surface area contributed by atoms with Gasteiger partial charge in [-0.3, -0.25) is 0 Å². The molecule has 1 aromatic rings. The van der Waals surface area contributed by atoms with Crippen molar-refractivity contribution in [1.29, 1.82) is 0 Å². The lowest BCUT2D eigenvalue weighted by molar-refractivity contribution is 0.588. The van der Waals surface area contributed by atoms with Crippen LogP contribution in [0.15, 0.2) is 24.3 Å². The van der Waals surface area contributed by atoms with E-state index >= 15 is 0 Å². The molecule has 1 rings (SSSR count). The summed E-state index contributed by atoms with van der Waals surface area (Å²) in [5, 5.41) is 4.61. The fraction of sp³-hybridized carbons (Fsp3) is 0. The predicted octanol–water partition coefficient (Wildman–Crippen LogP) is -0.0543. The molecule has 0 unspecified atom stereocenters. The van der Waals surface area contributed by atoms with Crippen LogP contribution in [-0.4, -0.2) is 8.42 Å². The number of hydrogen-bond donors (Lipinski definition) is 3. The smallest absolute Gasteiger partial charge is 0.291 e. The molecule has 0 saturated carbocycles. The number of rotatable bonds is 3. The molecule has 7 heteroatoms. The summed E-state index contributed by atoms with van der Waals surface area (Å²) in [5.74, 6) is -0.571. The highest BCUT2D eigenvalue weighted by Gasteiger charge is 2.02. The topological polar surface area (TPSA) is 84.2 Å². The van der Waals surface area contributed by atoms with E-state index < -0.39 is 16.0 Å². The summed E-state index contributed by atoms with van der Waals surface area (Å²) < 4.78 is 33.6. The molecular weight excluding hydrogens is 197 g/mol. The fourth-order valence-electron chi connectivity index (χ4n) is 0.689. The van der Waals surface area contributed by atoms with Crippen LogP contribution in [0.2, 0.25) is 0 Å². The molecule has 0 aromatic heterocycles. The first-order valence-electron chi connectivity index (χ1n) is 3.29. The maximum Gasteiger partial charge on any atom is 0.291 e. The van der Waals surface area contributed by atoms with Gasteiger partial charge in [-0.05, 0) is 12.1 Å². The Morgan fingerprint density at radius 1 is 1.31 bits per heavy atom. The van der Waals surface area contributed by atoms with E-state index in [-0.39, 0.29) is 5.69 Å². The Kier molecular flexibility index (Phi) is 2.81. The Morgan fingerprint density at radius 3 is 2.46 bits per heavy atom. The number of halogens is 1. The number of anilines is 1.